The van der Waals surface area contributed by atoms with E-state index in [0.717, 1.165) is 0 Å². The van der Waals surface area contributed by atoms with Crippen LogP contribution < -0.4 is 4.74 Å². The number of cyclic esters (lactones) is 1. The predicted octanol–water partition coefficient (Wildman–Crippen LogP) is 3.15. The molecule has 1 aromatic heterocycles. The number of hydrogen-bond donors (Lipinski definition) is 0. The van der Waals surface area contributed by atoms with Crippen molar-refractivity contribution in [1.29, 1.82) is 0 Å². The lowest BCUT2D eigenvalue weighted by Crippen LogP contribution is -2.12. The molecule has 0 N–H and O–H groups in total. The molecule has 2 aromatic rings. The number of alkyl halides is 2. The zero-order valence-electron chi connectivity index (χ0n) is 16.1. The topological polar surface area (TPSA) is 99.8 Å². The summed E-state index contributed by atoms with van der Waals surface area (Å²) in [6.07, 6.45) is 1.84. The Morgan fingerprint density at radius 3 is 2.65 bits per heavy atom. The SMILES string of the molecule is Cc1nn(C2CCS(=O)(=O)C2)c(Cl)c1/C=C1\N=C(c2ccc(OC(F)F)cc2)OC1=O. The standard InChI is InChI=1S/C19H16ClF2N3O5S/c1-10-14(16(20)25(24-10)12-6-7-31(27,28)9-12)8-15-18(26)30-17(23-15)11-2-4-13(5-3-11)29-19(21)22/h2-5,8,12,19H,6-7,9H2,1H3/b15-8-. The van der Waals surface area contributed by atoms with Crippen molar-refractivity contribution in [3.05, 3.63) is 51.9 Å². The average Bonchev–Trinajstić information content (AvgIpc) is 3.33. The number of aromatic nitrogens is 2. The van der Waals surface area contributed by atoms with Crippen molar-refractivity contribution >= 4 is 39.4 Å². The molecule has 2 aliphatic heterocycles. The molecule has 164 valence electrons. The molecule has 3 heterocycles. The molecule has 2 aliphatic rings. The van der Waals surface area contributed by atoms with Gasteiger partial charge in [0, 0.05) is 11.1 Å². The van der Waals surface area contributed by atoms with Crippen molar-refractivity contribution in [2.45, 2.75) is 26.0 Å². The van der Waals surface area contributed by atoms with E-state index in [9.17, 15) is 22.0 Å². The minimum absolute atomic E-state index is 0.00269. The first-order chi connectivity index (χ1) is 14.6. The quantitative estimate of drug-likeness (QED) is 0.490. The van der Waals surface area contributed by atoms with Crippen LogP contribution in [0, 0.1) is 6.92 Å². The van der Waals surface area contributed by atoms with Gasteiger partial charge in [-0.3, -0.25) is 0 Å². The molecule has 1 fully saturated rings. The van der Waals surface area contributed by atoms with Gasteiger partial charge in [-0.1, -0.05) is 11.6 Å². The van der Waals surface area contributed by atoms with Crippen molar-refractivity contribution in [2.24, 2.45) is 4.99 Å². The average molecular weight is 472 g/mol. The highest BCUT2D eigenvalue weighted by Crippen LogP contribution is 2.32. The van der Waals surface area contributed by atoms with Crippen LogP contribution in [0.1, 0.15) is 29.3 Å². The van der Waals surface area contributed by atoms with Crippen LogP contribution in [0.15, 0.2) is 35.0 Å². The van der Waals surface area contributed by atoms with Crippen LogP contribution in [0.3, 0.4) is 0 Å². The van der Waals surface area contributed by atoms with Crippen LogP contribution >= 0.6 is 11.6 Å². The van der Waals surface area contributed by atoms with E-state index in [4.69, 9.17) is 16.3 Å². The number of halogens is 3. The van der Waals surface area contributed by atoms with Gasteiger partial charge in [0.25, 0.3) is 0 Å². The molecular weight excluding hydrogens is 456 g/mol. The van der Waals surface area contributed by atoms with Crippen LogP contribution in [-0.4, -0.2) is 48.2 Å². The summed E-state index contributed by atoms with van der Waals surface area (Å²) in [6.45, 7) is -1.26. The van der Waals surface area contributed by atoms with Gasteiger partial charge in [-0.05, 0) is 43.7 Å². The Morgan fingerprint density at radius 1 is 1.32 bits per heavy atom. The predicted molar refractivity (Wildman–Crippen MR) is 108 cm³/mol. The maximum absolute atomic E-state index is 12.3. The number of benzene rings is 1. The van der Waals surface area contributed by atoms with E-state index in [1.165, 1.54) is 35.0 Å². The fourth-order valence-electron chi connectivity index (χ4n) is 3.35. The molecule has 1 saturated heterocycles. The maximum Gasteiger partial charge on any atom is 0.387 e. The summed E-state index contributed by atoms with van der Waals surface area (Å²) < 4.78 is 59.0. The third-order valence-electron chi connectivity index (χ3n) is 4.85. The van der Waals surface area contributed by atoms with E-state index < -0.39 is 22.4 Å². The van der Waals surface area contributed by atoms with E-state index in [1.807, 2.05) is 0 Å². The summed E-state index contributed by atoms with van der Waals surface area (Å²) >= 11 is 6.43. The minimum Gasteiger partial charge on any atom is -0.435 e. The lowest BCUT2D eigenvalue weighted by molar-refractivity contribution is -0.129. The second-order valence-electron chi connectivity index (χ2n) is 7.03. The zero-order valence-corrected chi connectivity index (χ0v) is 17.7. The van der Waals surface area contributed by atoms with Gasteiger partial charge in [0.2, 0.25) is 5.90 Å². The summed E-state index contributed by atoms with van der Waals surface area (Å²) in [5.41, 5.74) is 1.31. The van der Waals surface area contributed by atoms with Crippen molar-refractivity contribution in [2.75, 3.05) is 11.5 Å². The highest BCUT2D eigenvalue weighted by Gasteiger charge is 2.32. The highest BCUT2D eigenvalue weighted by molar-refractivity contribution is 7.91. The number of esters is 1. The molecule has 0 spiro atoms. The normalized spacial score (nSPS) is 21.6. The second-order valence-corrected chi connectivity index (χ2v) is 9.62. The summed E-state index contributed by atoms with van der Waals surface area (Å²) in [6, 6.07) is 5.11. The van der Waals surface area contributed by atoms with Crippen molar-refractivity contribution in [3.8, 4) is 5.75 Å². The van der Waals surface area contributed by atoms with Crippen LogP contribution in [0.25, 0.3) is 6.08 Å². The summed E-state index contributed by atoms with van der Waals surface area (Å²) in [5.74, 6) is -0.718. The van der Waals surface area contributed by atoms with Gasteiger partial charge in [-0.15, -0.1) is 0 Å². The highest BCUT2D eigenvalue weighted by atomic mass is 35.5. The molecule has 1 unspecified atom stereocenters. The van der Waals surface area contributed by atoms with Gasteiger partial charge in [-0.2, -0.15) is 13.9 Å². The van der Waals surface area contributed by atoms with E-state index in [2.05, 4.69) is 14.8 Å². The Bertz CT molecular complexity index is 1210. The molecule has 31 heavy (non-hydrogen) atoms. The molecule has 0 amide bonds. The summed E-state index contributed by atoms with van der Waals surface area (Å²) in [4.78, 5) is 16.4. The minimum atomic E-state index is -3.12. The van der Waals surface area contributed by atoms with Gasteiger partial charge < -0.3 is 9.47 Å². The lowest BCUT2D eigenvalue weighted by atomic mass is 10.2. The number of hydrogen-bond acceptors (Lipinski definition) is 7. The Kier molecular flexibility index (Phi) is 5.56. The molecule has 1 aromatic carbocycles. The largest absolute Gasteiger partial charge is 0.435 e. The number of carbonyl (C=O) groups excluding carboxylic acids is 1. The van der Waals surface area contributed by atoms with Crippen molar-refractivity contribution in [3.63, 3.8) is 0 Å². The Balaban J connectivity index is 1.60. The third-order valence-corrected chi connectivity index (χ3v) is 6.98. The first-order valence-corrected chi connectivity index (χ1v) is 11.4. The van der Waals surface area contributed by atoms with E-state index in [-0.39, 0.29) is 40.0 Å². The Morgan fingerprint density at radius 2 is 2.03 bits per heavy atom. The number of rotatable bonds is 5. The van der Waals surface area contributed by atoms with Gasteiger partial charge in [0.15, 0.2) is 15.5 Å². The van der Waals surface area contributed by atoms with E-state index in [1.54, 1.807) is 6.92 Å². The van der Waals surface area contributed by atoms with Crippen LogP contribution in [0.4, 0.5) is 8.78 Å². The summed E-state index contributed by atoms with van der Waals surface area (Å²) in [5, 5.41) is 4.54. The number of carbonyl (C=O) groups is 1. The number of nitrogens with zero attached hydrogens (tertiary/aromatic N) is 3. The first-order valence-electron chi connectivity index (χ1n) is 9.16. The molecule has 0 radical (unpaired) electrons. The van der Waals surface area contributed by atoms with Crippen LogP contribution in [-0.2, 0) is 19.4 Å². The number of aliphatic imine (C=N–C) groups is 1. The maximum atomic E-state index is 12.3. The smallest absolute Gasteiger partial charge is 0.387 e. The van der Waals surface area contributed by atoms with Crippen molar-refractivity contribution in [1.82, 2.24) is 9.78 Å². The molecule has 0 bridgehead atoms. The number of aryl methyl sites for hydroxylation is 1. The molecular formula is C19H16ClF2N3O5S. The molecule has 1 atom stereocenters. The van der Waals surface area contributed by atoms with Gasteiger partial charge in [-0.25, -0.2) is 22.9 Å². The van der Waals surface area contributed by atoms with Crippen LogP contribution in [0.5, 0.6) is 5.75 Å². The first kappa shape index (κ1) is 21.4. The molecule has 4 rings (SSSR count). The number of sulfone groups is 1. The summed E-state index contributed by atoms with van der Waals surface area (Å²) in [7, 11) is -3.12. The molecule has 12 heteroatoms. The van der Waals surface area contributed by atoms with Crippen LogP contribution in [0.2, 0.25) is 5.15 Å². The van der Waals surface area contributed by atoms with Gasteiger partial charge >= 0.3 is 12.6 Å². The molecule has 0 aliphatic carbocycles. The monoisotopic (exact) mass is 471 g/mol. The zero-order chi connectivity index (χ0) is 22.3. The second kappa shape index (κ2) is 8.04. The Labute approximate surface area is 181 Å². The van der Waals surface area contributed by atoms with Crippen molar-refractivity contribution < 1.29 is 31.5 Å². The fourth-order valence-corrected chi connectivity index (χ4v) is 5.41. The van der Waals surface area contributed by atoms with Gasteiger partial charge in [0.05, 0.1) is 23.2 Å². The van der Waals surface area contributed by atoms with E-state index >= 15 is 0 Å². The fraction of sp³-hybridized carbons (Fsp3) is 0.316. The number of ether oxygens (including phenoxy) is 2. The Hall–Kier alpha value is -2.79. The lowest BCUT2D eigenvalue weighted by Gasteiger charge is -2.09. The van der Waals surface area contributed by atoms with E-state index in [0.29, 0.717) is 23.2 Å². The third kappa shape index (κ3) is 4.47. The molecule has 0 saturated carbocycles. The van der Waals surface area contributed by atoms with Gasteiger partial charge in [0.1, 0.15) is 10.9 Å². The molecule has 8 nitrogen and oxygen atoms in total.